The molecule has 3 heterocycles. The number of hydrogen-bond donors (Lipinski definition) is 0. The molecule has 1 aliphatic heterocycles. The molecule has 25 heavy (non-hydrogen) atoms. The molecule has 0 N–H and O–H groups in total. The van der Waals surface area contributed by atoms with Crippen LogP contribution in [0.2, 0.25) is 0 Å². The second kappa shape index (κ2) is 6.32. The van der Waals surface area contributed by atoms with Gasteiger partial charge in [0.05, 0.1) is 22.7 Å². The number of aromatic nitrogens is 3. The van der Waals surface area contributed by atoms with E-state index in [2.05, 4.69) is 34.7 Å². The second-order valence-corrected chi connectivity index (χ2v) is 7.46. The van der Waals surface area contributed by atoms with E-state index in [1.165, 1.54) is 12.8 Å². The number of para-hydroxylation sites is 3. The molecule has 0 aliphatic carbocycles. The number of benzene rings is 2. The summed E-state index contributed by atoms with van der Waals surface area (Å²) in [5.41, 5.74) is 4.11. The molecular weight excluding hydrogens is 330 g/mol. The van der Waals surface area contributed by atoms with E-state index in [-0.39, 0.29) is 0 Å². The summed E-state index contributed by atoms with van der Waals surface area (Å²) >= 11 is 1.78. The molecule has 5 rings (SSSR count). The molecule has 0 amide bonds. The summed E-state index contributed by atoms with van der Waals surface area (Å²) in [4.78, 5) is 9.82. The summed E-state index contributed by atoms with van der Waals surface area (Å²) < 4.78 is 8.09. The molecule has 5 heteroatoms. The summed E-state index contributed by atoms with van der Waals surface area (Å²) in [6.07, 6.45) is 3.93. The van der Waals surface area contributed by atoms with Crippen LogP contribution in [-0.4, -0.2) is 32.8 Å². The summed E-state index contributed by atoms with van der Waals surface area (Å²) in [5.74, 6) is 0.937. The normalized spacial score (nSPS) is 18.3. The van der Waals surface area contributed by atoms with Crippen LogP contribution in [0.3, 0.4) is 0 Å². The van der Waals surface area contributed by atoms with Crippen LogP contribution in [0.15, 0.2) is 53.7 Å². The molecule has 1 atom stereocenters. The van der Waals surface area contributed by atoms with Crippen molar-refractivity contribution in [1.29, 1.82) is 0 Å². The Morgan fingerprint density at radius 3 is 2.72 bits per heavy atom. The van der Waals surface area contributed by atoms with Gasteiger partial charge in [-0.25, -0.2) is 9.97 Å². The average molecular weight is 349 g/mol. The van der Waals surface area contributed by atoms with Crippen LogP contribution in [0.4, 0.5) is 0 Å². The van der Waals surface area contributed by atoms with Crippen LogP contribution < -0.4 is 0 Å². The van der Waals surface area contributed by atoms with Gasteiger partial charge in [0.1, 0.15) is 5.65 Å². The van der Waals surface area contributed by atoms with Crippen molar-refractivity contribution in [1.82, 2.24) is 14.4 Å². The lowest BCUT2D eigenvalue weighted by Gasteiger charge is -2.22. The Morgan fingerprint density at radius 1 is 1.00 bits per heavy atom. The topological polar surface area (TPSA) is 39.4 Å². The maximum absolute atomic E-state index is 5.89. The van der Waals surface area contributed by atoms with Crippen LogP contribution in [-0.2, 0) is 4.74 Å². The van der Waals surface area contributed by atoms with Gasteiger partial charge in [0.25, 0.3) is 0 Å². The van der Waals surface area contributed by atoms with Gasteiger partial charge in [0.2, 0.25) is 0 Å². The molecule has 0 bridgehead atoms. The molecule has 0 radical (unpaired) electrons. The SMILES string of the molecule is c1ccc2c(c1)nc(SC[C@H]1CCCCO1)n1c3ccccc3nc21. The van der Waals surface area contributed by atoms with Crippen molar-refractivity contribution in [2.45, 2.75) is 30.5 Å². The third kappa shape index (κ3) is 2.68. The maximum Gasteiger partial charge on any atom is 0.174 e. The summed E-state index contributed by atoms with van der Waals surface area (Å²) in [7, 11) is 0. The first-order chi connectivity index (χ1) is 12.4. The molecule has 4 aromatic rings. The molecule has 2 aromatic carbocycles. The highest BCUT2D eigenvalue weighted by Crippen LogP contribution is 2.30. The minimum absolute atomic E-state index is 0.330. The highest BCUT2D eigenvalue weighted by atomic mass is 32.2. The van der Waals surface area contributed by atoms with Crippen LogP contribution in [0.25, 0.3) is 27.6 Å². The number of thioether (sulfide) groups is 1. The Bertz CT molecular complexity index is 1050. The zero-order valence-corrected chi connectivity index (χ0v) is 14.7. The van der Waals surface area contributed by atoms with Gasteiger partial charge in [-0.05, 0) is 43.5 Å². The second-order valence-electron chi connectivity index (χ2n) is 6.47. The predicted octanol–water partition coefficient (Wildman–Crippen LogP) is 4.70. The summed E-state index contributed by atoms with van der Waals surface area (Å²) in [5, 5.41) is 2.09. The van der Waals surface area contributed by atoms with Crippen LogP contribution in [0, 0.1) is 0 Å². The molecule has 4 nitrogen and oxygen atoms in total. The van der Waals surface area contributed by atoms with Crippen molar-refractivity contribution in [3.05, 3.63) is 48.5 Å². The Hall–Kier alpha value is -2.11. The quantitative estimate of drug-likeness (QED) is 0.397. The summed E-state index contributed by atoms with van der Waals surface area (Å²) in [6.45, 7) is 0.889. The lowest BCUT2D eigenvalue weighted by molar-refractivity contribution is 0.0315. The zero-order valence-electron chi connectivity index (χ0n) is 13.9. The fraction of sp³-hybridized carbons (Fsp3) is 0.300. The number of hydrogen-bond acceptors (Lipinski definition) is 4. The number of ether oxygens (including phenoxy) is 1. The Kier molecular flexibility index (Phi) is 3.83. The lowest BCUT2D eigenvalue weighted by atomic mass is 10.1. The minimum atomic E-state index is 0.330. The van der Waals surface area contributed by atoms with Crippen LogP contribution in [0.5, 0.6) is 0 Å². The number of rotatable bonds is 3. The third-order valence-corrected chi connectivity index (χ3v) is 5.86. The van der Waals surface area contributed by atoms with Crippen LogP contribution >= 0.6 is 11.8 Å². The maximum atomic E-state index is 5.89. The largest absolute Gasteiger partial charge is 0.377 e. The molecular formula is C20H19N3OS. The van der Waals surface area contributed by atoms with Gasteiger partial charge in [-0.2, -0.15) is 0 Å². The molecule has 1 aliphatic rings. The van der Waals surface area contributed by atoms with Crippen molar-refractivity contribution in [2.24, 2.45) is 0 Å². The minimum Gasteiger partial charge on any atom is -0.377 e. The van der Waals surface area contributed by atoms with E-state index in [1.54, 1.807) is 11.8 Å². The van der Waals surface area contributed by atoms with Gasteiger partial charge in [-0.3, -0.25) is 4.40 Å². The Balaban J connectivity index is 1.66. The van der Waals surface area contributed by atoms with Crippen molar-refractivity contribution in [2.75, 3.05) is 12.4 Å². The number of nitrogens with zero attached hydrogens (tertiary/aromatic N) is 3. The van der Waals surface area contributed by atoms with Gasteiger partial charge < -0.3 is 4.74 Å². The highest BCUT2D eigenvalue weighted by Gasteiger charge is 2.18. The molecule has 126 valence electrons. The van der Waals surface area contributed by atoms with Crippen molar-refractivity contribution < 1.29 is 4.74 Å². The molecule has 0 spiro atoms. The van der Waals surface area contributed by atoms with E-state index >= 15 is 0 Å². The summed E-state index contributed by atoms with van der Waals surface area (Å²) in [6, 6.07) is 16.5. The van der Waals surface area contributed by atoms with E-state index in [1.807, 2.05) is 18.2 Å². The molecule has 2 aromatic heterocycles. The van der Waals surface area contributed by atoms with E-state index in [9.17, 15) is 0 Å². The fourth-order valence-electron chi connectivity index (χ4n) is 3.52. The first kappa shape index (κ1) is 15.2. The highest BCUT2D eigenvalue weighted by molar-refractivity contribution is 7.99. The van der Waals surface area contributed by atoms with E-state index in [4.69, 9.17) is 14.7 Å². The molecule has 1 fully saturated rings. The van der Waals surface area contributed by atoms with Gasteiger partial charge in [-0.15, -0.1) is 0 Å². The average Bonchev–Trinajstić information content (AvgIpc) is 3.07. The molecule has 0 saturated carbocycles. The molecule has 0 unspecified atom stereocenters. The smallest absolute Gasteiger partial charge is 0.174 e. The predicted molar refractivity (Wildman–Crippen MR) is 102 cm³/mol. The van der Waals surface area contributed by atoms with Crippen molar-refractivity contribution >= 4 is 39.3 Å². The zero-order chi connectivity index (χ0) is 16.6. The lowest BCUT2D eigenvalue weighted by Crippen LogP contribution is -2.21. The van der Waals surface area contributed by atoms with Gasteiger partial charge in [0, 0.05) is 17.7 Å². The third-order valence-electron chi connectivity index (χ3n) is 4.79. The van der Waals surface area contributed by atoms with E-state index < -0.39 is 0 Å². The van der Waals surface area contributed by atoms with Crippen molar-refractivity contribution in [3.63, 3.8) is 0 Å². The van der Waals surface area contributed by atoms with Crippen LogP contribution in [0.1, 0.15) is 19.3 Å². The van der Waals surface area contributed by atoms with Gasteiger partial charge in [0.15, 0.2) is 5.16 Å². The first-order valence-electron chi connectivity index (χ1n) is 8.80. The number of imidazole rings is 1. The van der Waals surface area contributed by atoms with Gasteiger partial charge in [-0.1, -0.05) is 36.0 Å². The van der Waals surface area contributed by atoms with Crippen molar-refractivity contribution in [3.8, 4) is 0 Å². The van der Waals surface area contributed by atoms with E-state index in [0.717, 1.165) is 51.5 Å². The standard InChI is InChI=1S/C20H19N3OS/c1-2-9-16-15(8-1)19-21-17-10-3-4-11-18(17)23(19)20(22-16)25-13-14-7-5-6-12-24-14/h1-4,8-11,14H,5-7,12-13H2/t14-/m1/s1. The first-order valence-corrected chi connectivity index (χ1v) is 9.79. The Labute approximate surface area is 150 Å². The number of fused-ring (bicyclic) bond motifs is 5. The Morgan fingerprint density at radius 2 is 1.84 bits per heavy atom. The van der Waals surface area contributed by atoms with E-state index in [0.29, 0.717) is 6.10 Å². The monoisotopic (exact) mass is 349 g/mol. The van der Waals surface area contributed by atoms with Gasteiger partial charge >= 0.3 is 0 Å². The molecule has 1 saturated heterocycles. The fourth-order valence-corrected chi connectivity index (χ4v) is 4.59.